The van der Waals surface area contributed by atoms with Crippen LogP contribution in [0.1, 0.15) is 42.8 Å². The maximum Gasteiger partial charge on any atom is 0.408 e. The van der Waals surface area contributed by atoms with Gasteiger partial charge in [0.1, 0.15) is 6.54 Å². The first kappa shape index (κ1) is 18.6. The molecule has 2 atom stereocenters. The Morgan fingerprint density at radius 3 is 2.71 bits per heavy atom. The molecule has 136 valence electrons. The van der Waals surface area contributed by atoms with Crippen molar-refractivity contribution >= 4 is 6.03 Å². The third kappa shape index (κ3) is 4.00. The van der Waals surface area contributed by atoms with Gasteiger partial charge in [-0.05, 0) is 33.6 Å². The van der Waals surface area contributed by atoms with Crippen LogP contribution in [0.5, 0.6) is 0 Å². The second-order valence-corrected chi connectivity index (χ2v) is 6.20. The summed E-state index contributed by atoms with van der Waals surface area (Å²) in [6.45, 7) is 4.23. The van der Waals surface area contributed by atoms with E-state index in [4.69, 9.17) is 0 Å². The number of likely N-dealkylation sites (tertiary alicyclic amines) is 1. The molecule has 2 heterocycles. The molecule has 1 fully saturated rings. The predicted octanol–water partition coefficient (Wildman–Crippen LogP) is 2.29. The van der Waals surface area contributed by atoms with Crippen molar-refractivity contribution in [2.45, 2.75) is 58.4 Å². The topological polar surface area (TPSA) is 70.4 Å². The number of carbonyl (C=O) groups is 1. The average Bonchev–Trinajstić information content (AvgIpc) is 3.02. The number of nitrogens with one attached hydrogen (secondary N) is 1. The van der Waals surface area contributed by atoms with Gasteiger partial charge in [-0.2, -0.15) is 18.3 Å². The Balaban J connectivity index is 2.12. The molecule has 1 saturated heterocycles. The van der Waals surface area contributed by atoms with Crippen LogP contribution in [-0.4, -0.2) is 51.2 Å². The van der Waals surface area contributed by atoms with Gasteiger partial charge in [0.15, 0.2) is 0 Å². The Morgan fingerprint density at radius 2 is 2.12 bits per heavy atom. The number of hydrogen-bond donors (Lipinski definition) is 2. The summed E-state index contributed by atoms with van der Waals surface area (Å²) in [7, 11) is 0. The molecule has 2 amide bonds. The summed E-state index contributed by atoms with van der Waals surface area (Å²) in [5.41, 5.74) is 1.44. The van der Waals surface area contributed by atoms with E-state index in [1.54, 1.807) is 25.7 Å². The summed E-state index contributed by atoms with van der Waals surface area (Å²) in [6.07, 6.45) is -2.77. The first-order chi connectivity index (χ1) is 11.1. The van der Waals surface area contributed by atoms with E-state index >= 15 is 0 Å². The van der Waals surface area contributed by atoms with E-state index in [9.17, 15) is 23.1 Å². The molecule has 1 unspecified atom stereocenters. The van der Waals surface area contributed by atoms with Crippen LogP contribution >= 0.6 is 0 Å². The van der Waals surface area contributed by atoms with Crippen LogP contribution in [0.2, 0.25) is 0 Å². The van der Waals surface area contributed by atoms with Crippen molar-refractivity contribution in [3.63, 3.8) is 0 Å². The lowest BCUT2D eigenvalue weighted by Gasteiger charge is -2.25. The molecule has 0 bridgehead atoms. The highest BCUT2D eigenvalue weighted by Crippen LogP contribution is 2.25. The van der Waals surface area contributed by atoms with Crippen molar-refractivity contribution in [1.29, 1.82) is 0 Å². The Kier molecular flexibility index (Phi) is 5.42. The molecule has 1 aromatic heterocycles. The van der Waals surface area contributed by atoms with Crippen molar-refractivity contribution in [3.8, 4) is 0 Å². The molecular formula is C15H23F3N4O2. The van der Waals surface area contributed by atoms with Gasteiger partial charge in [0.05, 0.1) is 24.4 Å². The summed E-state index contributed by atoms with van der Waals surface area (Å²) in [4.78, 5) is 13.9. The molecule has 0 spiro atoms. The molecule has 6 nitrogen and oxygen atoms in total. The highest BCUT2D eigenvalue weighted by Gasteiger charge is 2.32. The molecule has 2 N–H and O–H groups in total. The summed E-state index contributed by atoms with van der Waals surface area (Å²) in [5.74, 6) is 0. The number of urea groups is 1. The molecule has 0 radical (unpaired) electrons. The van der Waals surface area contributed by atoms with Gasteiger partial charge >= 0.3 is 12.2 Å². The Bertz CT molecular complexity index is 600. The average molecular weight is 348 g/mol. The number of alkyl halides is 3. The van der Waals surface area contributed by atoms with Crippen molar-refractivity contribution in [2.75, 3.05) is 13.2 Å². The third-order valence-corrected chi connectivity index (χ3v) is 4.39. The SMILES string of the molecule is Cc1nn(CC(F)(F)F)c(C)c1C(C)NC(=O)N1CCC[C@H]1CO. The van der Waals surface area contributed by atoms with E-state index in [1.165, 1.54) is 0 Å². The normalized spacial score (nSPS) is 19.6. The Hall–Kier alpha value is -1.77. The molecule has 1 aliphatic rings. The number of aliphatic hydroxyl groups excluding tert-OH is 1. The minimum absolute atomic E-state index is 0.0939. The van der Waals surface area contributed by atoms with E-state index in [0.29, 0.717) is 23.5 Å². The fourth-order valence-electron chi connectivity index (χ4n) is 3.29. The first-order valence-electron chi connectivity index (χ1n) is 7.92. The maximum atomic E-state index is 12.6. The van der Waals surface area contributed by atoms with Crippen LogP contribution in [0.3, 0.4) is 0 Å². The monoisotopic (exact) mass is 348 g/mol. The second kappa shape index (κ2) is 7.00. The molecule has 0 saturated carbocycles. The summed E-state index contributed by atoms with van der Waals surface area (Å²) >= 11 is 0. The number of aryl methyl sites for hydroxylation is 1. The second-order valence-electron chi connectivity index (χ2n) is 6.20. The van der Waals surface area contributed by atoms with Crippen molar-refractivity contribution < 1.29 is 23.1 Å². The van der Waals surface area contributed by atoms with E-state index in [2.05, 4.69) is 10.4 Å². The zero-order valence-electron chi connectivity index (χ0n) is 14.0. The molecule has 1 aromatic rings. The van der Waals surface area contributed by atoms with E-state index < -0.39 is 18.8 Å². The van der Waals surface area contributed by atoms with Gasteiger partial charge < -0.3 is 15.3 Å². The van der Waals surface area contributed by atoms with E-state index in [1.807, 2.05) is 0 Å². The van der Waals surface area contributed by atoms with Crippen LogP contribution in [0.25, 0.3) is 0 Å². The zero-order valence-corrected chi connectivity index (χ0v) is 14.0. The highest BCUT2D eigenvalue weighted by molar-refractivity contribution is 5.75. The van der Waals surface area contributed by atoms with Crippen LogP contribution < -0.4 is 5.32 Å². The number of amides is 2. The fraction of sp³-hybridized carbons (Fsp3) is 0.733. The molecular weight excluding hydrogens is 325 g/mol. The Morgan fingerprint density at radius 1 is 1.46 bits per heavy atom. The van der Waals surface area contributed by atoms with Crippen LogP contribution in [0.4, 0.5) is 18.0 Å². The lowest BCUT2D eigenvalue weighted by atomic mass is 10.1. The van der Waals surface area contributed by atoms with Gasteiger partial charge in [-0.1, -0.05) is 0 Å². The van der Waals surface area contributed by atoms with Crippen LogP contribution in [0.15, 0.2) is 0 Å². The number of halogens is 3. The third-order valence-electron chi connectivity index (χ3n) is 4.39. The molecule has 2 rings (SSSR count). The van der Waals surface area contributed by atoms with Crippen molar-refractivity contribution in [2.24, 2.45) is 0 Å². The number of aliphatic hydroxyl groups is 1. The summed E-state index contributed by atoms with van der Waals surface area (Å²) in [5, 5.41) is 16.0. The lowest BCUT2D eigenvalue weighted by molar-refractivity contribution is -0.143. The minimum atomic E-state index is -4.35. The van der Waals surface area contributed by atoms with Crippen LogP contribution in [-0.2, 0) is 6.54 Å². The fourth-order valence-corrected chi connectivity index (χ4v) is 3.29. The van der Waals surface area contributed by atoms with Gasteiger partial charge in [0, 0.05) is 17.8 Å². The molecule has 24 heavy (non-hydrogen) atoms. The van der Waals surface area contributed by atoms with E-state index in [0.717, 1.165) is 17.5 Å². The summed E-state index contributed by atoms with van der Waals surface area (Å²) in [6, 6.07) is -0.992. The number of hydrogen-bond acceptors (Lipinski definition) is 3. The summed E-state index contributed by atoms with van der Waals surface area (Å²) < 4.78 is 38.7. The van der Waals surface area contributed by atoms with Gasteiger partial charge in [-0.3, -0.25) is 4.68 Å². The van der Waals surface area contributed by atoms with Crippen molar-refractivity contribution in [3.05, 3.63) is 17.0 Å². The molecule has 0 aromatic carbocycles. The zero-order chi connectivity index (χ0) is 18.1. The largest absolute Gasteiger partial charge is 0.408 e. The predicted molar refractivity (Wildman–Crippen MR) is 81.5 cm³/mol. The molecule has 9 heteroatoms. The molecule has 0 aliphatic carbocycles. The van der Waals surface area contributed by atoms with E-state index in [-0.39, 0.29) is 18.7 Å². The smallest absolute Gasteiger partial charge is 0.394 e. The number of aromatic nitrogens is 2. The standard InChI is InChI=1S/C15H23F3N4O2/c1-9(19-14(24)21-6-4-5-12(21)7-23)13-10(2)20-22(11(13)3)8-15(16,17)18/h9,12,23H,4-8H2,1-3H3,(H,19,24)/t9?,12-/m0/s1. The maximum absolute atomic E-state index is 12.6. The van der Waals surface area contributed by atoms with Gasteiger partial charge in [-0.15, -0.1) is 0 Å². The molecule has 1 aliphatic heterocycles. The lowest BCUT2D eigenvalue weighted by Crippen LogP contribution is -2.45. The number of carbonyl (C=O) groups excluding carboxylic acids is 1. The number of rotatable bonds is 4. The first-order valence-corrected chi connectivity index (χ1v) is 7.92. The van der Waals surface area contributed by atoms with Gasteiger partial charge in [0.25, 0.3) is 0 Å². The quantitative estimate of drug-likeness (QED) is 0.877. The minimum Gasteiger partial charge on any atom is -0.394 e. The highest BCUT2D eigenvalue weighted by atomic mass is 19.4. The van der Waals surface area contributed by atoms with Crippen LogP contribution in [0, 0.1) is 13.8 Å². The van der Waals surface area contributed by atoms with Gasteiger partial charge in [0.2, 0.25) is 0 Å². The number of nitrogens with zero attached hydrogens (tertiary/aromatic N) is 3. The van der Waals surface area contributed by atoms with Gasteiger partial charge in [-0.25, -0.2) is 4.79 Å². The van der Waals surface area contributed by atoms with Crippen molar-refractivity contribution in [1.82, 2.24) is 20.0 Å². The Labute approximate surface area is 138 Å².